The van der Waals surface area contributed by atoms with Crippen molar-refractivity contribution in [3.05, 3.63) is 17.2 Å². The molecule has 18 heavy (non-hydrogen) atoms. The summed E-state index contributed by atoms with van der Waals surface area (Å²) in [6.45, 7) is 0. The molecule has 0 radical (unpaired) electrons. The van der Waals surface area contributed by atoms with Crippen molar-refractivity contribution in [2.24, 2.45) is 0 Å². The Morgan fingerprint density at radius 2 is 1.83 bits per heavy atom. The molecule has 0 saturated heterocycles. The van der Waals surface area contributed by atoms with Gasteiger partial charge >= 0.3 is 6.18 Å². The van der Waals surface area contributed by atoms with Crippen LogP contribution in [0.1, 0.15) is 48.9 Å². The number of alkyl halides is 3. The summed E-state index contributed by atoms with van der Waals surface area (Å²) in [6, 6.07) is -0.231. The van der Waals surface area contributed by atoms with E-state index < -0.39 is 18.1 Å². The number of fused-ring (bicyclic) bond motifs is 1. The lowest BCUT2D eigenvalue weighted by atomic mass is 9.88. The Morgan fingerprint density at radius 3 is 2.44 bits per heavy atom. The number of hydrogen-bond acceptors (Lipinski definition) is 2. The lowest BCUT2D eigenvalue weighted by Crippen LogP contribution is -2.34. The first-order valence-electron chi connectivity index (χ1n) is 6.32. The average molecular weight is 260 g/mol. The summed E-state index contributed by atoms with van der Waals surface area (Å²) in [5.41, 5.74) is 1.35. The topological polar surface area (TPSA) is 38.0 Å². The first-order chi connectivity index (χ1) is 8.47. The van der Waals surface area contributed by atoms with Gasteiger partial charge in [0.15, 0.2) is 0 Å². The van der Waals surface area contributed by atoms with Crippen LogP contribution in [0.5, 0.6) is 0 Å². The van der Waals surface area contributed by atoms with E-state index in [9.17, 15) is 18.3 Å². The quantitative estimate of drug-likeness (QED) is 0.842. The van der Waals surface area contributed by atoms with Crippen LogP contribution in [-0.2, 0) is 19.0 Å². The van der Waals surface area contributed by atoms with E-state index in [1.165, 1.54) is 4.57 Å². The van der Waals surface area contributed by atoms with Crippen molar-refractivity contribution >= 4 is 0 Å². The fraction of sp³-hybridized carbons (Fsp3) is 0.750. The van der Waals surface area contributed by atoms with Crippen LogP contribution in [-0.4, -0.2) is 20.8 Å². The zero-order valence-electron chi connectivity index (χ0n) is 9.87. The van der Waals surface area contributed by atoms with Gasteiger partial charge in [0.1, 0.15) is 0 Å². The summed E-state index contributed by atoms with van der Waals surface area (Å²) in [7, 11) is 0. The number of imidazole rings is 1. The Bertz CT molecular complexity index is 461. The van der Waals surface area contributed by atoms with Crippen molar-refractivity contribution in [3.63, 3.8) is 0 Å². The van der Waals surface area contributed by atoms with Gasteiger partial charge in [0.05, 0.1) is 11.8 Å². The number of nitrogens with zero attached hydrogens (tertiary/aromatic N) is 2. The van der Waals surface area contributed by atoms with E-state index in [0.717, 1.165) is 18.5 Å². The van der Waals surface area contributed by atoms with Gasteiger partial charge in [-0.1, -0.05) is 0 Å². The second kappa shape index (κ2) is 3.98. The minimum atomic E-state index is -4.40. The largest absolute Gasteiger partial charge is 0.449 e. The van der Waals surface area contributed by atoms with E-state index in [0.29, 0.717) is 31.4 Å². The summed E-state index contributed by atoms with van der Waals surface area (Å²) >= 11 is 0. The van der Waals surface area contributed by atoms with Gasteiger partial charge in [-0.3, -0.25) is 0 Å². The first-order valence-corrected chi connectivity index (χ1v) is 6.32. The monoisotopic (exact) mass is 260 g/mol. The summed E-state index contributed by atoms with van der Waals surface area (Å²) in [5, 5.41) is 9.30. The Morgan fingerprint density at radius 1 is 1.17 bits per heavy atom. The van der Waals surface area contributed by atoms with Gasteiger partial charge in [0, 0.05) is 11.7 Å². The van der Waals surface area contributed by atoms with Crippen LogP contribution in [0.4, 0.5) is 13.2 Å². The molecule has 2 aliphatic rings. The van der Waals surface area contributed by atoms with E-state index in [4.69, 9.17) is 0 Å². The molecular weight excluding hydrogens is 245 g/mol. The molecule has 0 aliphatic heterocycles. The minimum absolute atomic E-state index is 0.231. The van der Waals surface area contributed by atoms with E-state index in [-0.39, 0.29) is 6.04 Å². The number of rotatable bonds is 1. The molecule has 1 N–H and O–H groups in total. The smallest absolute Gasteiger partial charge is 0.393 e. The lowest BCUT2D eigenvalue weighted by Gasteiger charge is -2.35. The first kappa shape index (κ1) is 12.0. The highest BCUT2D eigenvalue weighted by atomic mass is 19.4. The molecule has 6 heteroatoms. The molecule has 0 unspecified atom stereocenters. The molecular formula is C12H15F3N2O. The van der Waals surface area contributed by atoms with Crippen molar-refractivity contribution in [1.82, 2.24) is 9.55 Å². The Kier molecular flexibility index (Phi) is 2.66. The van der Waals surface area contributed by atoms with E-state index in [1.54, 1.807) is 0 Å². The average Bonchev–Trinajstić information content (AvgIpc) is 2.63. The van der Waals surface area contributed by atoms with Crippen LogP contribution in [0, 0.1) is 0 Å². The maximum Gasteiger partial charge on any atom is 0.449 e. The number of aromatic nitrogens is 2. The highest BCUT2D eigenvalue weighted by Gasteiger charge is 2.43. The number of aryl methyl sites for hydroxylation is 1. The Hall–Kier alpha value is -1.04. The van der Waals surface area contributed by atoms with Crippen LogP contribution < -0.4 is 0 Å². The fourth-order valence-electron chi connectivity index (χ4n) is 2.93. The van der Waals surface area contributed by atoms with Gasteiger partial charge in [-0.05, 0) is 38.5 Å². The maximum absolute atomic E-state index is 13.0. The number of aliphatic hydroxyl groups excluding tert-OH is 1. The van der Waals surface area contributed by atoms with E-state index in [2.05, 4.69) is 4.98 Å². The SMILES string of the molecule is OC1CC(n2c(C(F)(F)F)nc3c2CCCC3)C1. The molecule has 1 aromatic rings. The highest BCUT2D eigenvalue weighted by Crippen LogP contribution is 2.41. The molecule has 2 aliphatic carbocycles. The molecule has 0 spiro atoms. The van der Waals surface area contributed by atoms with Crippen LogP contribution in [0.15, 0.2) is 0 Å². The van der Waals surface area contributed by atoms with Crippen molar-refractivity contribution in [3.8, 4) is 0 Å². The Labute approximate surface area is 103 Å². The third-order valence-electron chi connectivity index (χ3n) is 3.88. The molecule has 0 atom stereocenters. The van der Waals surface area contributed by atoms with Gasteiger partial charge in [0.25, 0.3) is 0 Å². The molecule has 1 saturated carbocycles. The number of halogens is 3. The zero-order chi connectivity index (χ0) is 12.9. The molecule has 1 heterocycles. The van der Waals surface area contributed by atoms with Crippen LogP contribution in [0.25, 0.3) is 0 Å². The third kappa shape index (κ3) is 1.83. The predicted octanol–water partition coefficient (Wildman–Crippen LogP) is 2.48. The summed E-state index contributed by atoms with van der Waals surface area (Å²) in [4.78, 5) is 3.81. The summed E-state index contributed by atoms with van der Waals surface area (Å²) in [6.07, 6.45) is -0.904. The van der Waals surface area contributed by atoms with Gasteiger partial charge in [0.2, 0.25) is 5.82 Å². The van der Waals surface area contributed by atoms with Crippen molar-refractivity contribution in [2.45, 2.75) is 56.8 Å². The van der Waals surface area contributed by atoms with Gasteiger partial charge in [-0.15, -0.1) is 0 Å². The van der Waals surface area contributed by atoms with E-state index in [1.807, 2.05) is 0 Å². The van der Waals surface area contributed by atoms with Crippen LogP contribution in [0.3, 0.4) is 0 Å². The fourth-order valence-corrected chi connectivity index (χ4v) is 2.93. The number of hydrogen-bond donors (Lipinski definition) is 1. The van der Waals surface area contributed by atoms with Crippen LogP contribution >= 0.6 is 0 Å². The number of aliphatic hydroxyl groups is 1. The molecule has 1 aromatic heterocycles. The molecule has 3 rings (SSSR count). The Balaban J connectivity index is 2.05. The van der Waals surface area contributed by atoms with Crippen molar-refractivity contribution in [1.29, 1.82) is 0 Å². The van der Waals surface area contributed by atoms with Gasteiger partial charge < -0.3 is 9.67 Å². The standard InChI is InChI=1S/C12H15F3N2O/c13-12(14,15)11-16-9-3-1-2-4-10(9)17(11)7-5-8(18)6-7/h7-8,18H,1-6H2. The molecule has 0 amide bonds. The van der Waals surface area contributed by atoms with Crippen LogP contribution in [0.2, 0.25) is 0 Å². The summed E-state index contributed by atoms with van der Waals surface area (Å²) in [5.74, 6) is -0.772. The second-order valence-corrected chi connectivity index (χ2v) is 5.18. The highest BCUT2D eigenvalue weighted by molar-refractivity contribution is 5.23. The molecule has 100 valence electrons. The maximum atomic E-state index is 13.0. The van der Waals surface area contributed by atoms with Crippen molar-refractivity contribution < 1.29 is 18.3 Å². The minimum Gasteiger partial charge on any atom is -0.393 e. The second-order valence-electron chi connectivity index (χ2n) is 5.18. The lowest BCUT2D eigenvalue weighted by molar-refractivity contribution is -0.149. The molecule has 0 aromatic carbocycles. The van der Waals surface area contributed by atoms with Gasteiger partial charge in [-0.2, -0.15) is 13.2 Å². The molecule has 1 fully saturated rings. The molecule has 0 bridgehead atoms. The zero-order valence-corrected chi connectivity index (χ0v) is 9.87. The third-order valence-corrected chi connectivity index (χ3v) is 3.88. The predicted molar refractivity (Wildman–Crippen MR) is 58.1 cm³/mol. The van der Waals surface area contributed by atoms with Crippen molar-refractivity contribution in [2.75, 3.05) is 0 Å². The van der Waals surface area contributed by atoms with Gasteiger partial charge in [-0.25, -0.2) is 4.98 Å². The normalized spacial score (nSPS) is 27.8. The van der Waals surface area contributed by atoms with E-state index >= 15 is 0 Å². The molecule has 3 nitrogen and oxygen atoms in total. The summed E-state index contributed by atoms with van der Waals surface area (Å²) < 4.78 is 40.4.